The second-order valence-electron chi connectivity index (χ2n) is 8.12. The van der Waals surface area contributed by atoms with Gasteiger partial charge in [-0.3, -0.25) is 14.5 Å². The minimum Gasteiger partial charge on any atom is -0.340 e. The number of amides is 2. The first-order chi connectivity index (χ1) is 15.3. The Balaban J connectivity index is 1.30. The monoisotopic (exact) mass is 473 g/mol. The number of hydrogen-bond donors (Lipinski definition) is 1. The van der Waals surface area contributed by atoms with E-state index in [9.17, 15) is 18.0 Å². The van der Waals surface area contributed by atoms with Crippen molar-refractivity contribution in [1.29, 1.82) is 0 Å². The number of hydrogen-bond acceptors (Lipinski definition) is 6. The van der Waals surface area contributed by atoms with Gasteiger partial charge in [-0.1, -0.05) is 30.3 Å². The van der Waals surface area contributed by atoms with Crippen molar-refractivity contribution in [2.45, 2.75) is 34.9 Å². The van der Waals surface area contributed by atoms with Crippen LogP contribution in [-0.4, -0.2) is 67.2 Å². The Morgan fingerprint density at radius 1 is 1.09 bits per heavy atom. The molecular weight excluding hydrogens is 446 g/mol. The summed E-state index contributed by atoms with van der Waals surface area (Å²) >= 11 is 1.41. The van der Waals surface area contributed by atoms with Gasteiger partial charge in [0.25, 0.3) is 0 Å². The summed E-state index contributed by atoms with van der Waals surface area (Å²) in [5, 5.41) is 2.54. The number of carbonyl (C=O) groups excluding carboxylic acids is 2. The number of fused-ring (bicyclic) bond motifs is 1. The number of piperazine rings is 1. The maximum Gasteiger partial charge on any atom is 0.237 e. The van der Waals surface area contributed by atoms with Gasteiger partial charge in [0.15, 0.2) is 9.84 Å². The lowest BCUT2D eigenvalue weighted by molar-refractivity contribution is -0.132. The summed E-state index contributed by atoms with van der Waals surface area (Å²) in [5.41, 5.74) is 1.76. The van der Waals surface area contributed by atoms with Gasteiger partial charge in [0, 0.05) is 44.0 Å². The smallest absolute Gasteiger partial charge is 0.237 e. The van der Waals surface area contributed by atoms with Crippen molar-refractivity contribution < 1.29 is 18.0 Å². The van der Waals surface area contributed by atoms with Gasteiger partial charge in [-0.2, -0.15) is 0 Å². The molecule has 1 atom stereocenters. The predicted molar refractivity (Wildman–Crippen MR) is 125 cm³/mol. The SMILES string of the molecule is C[C@H]1Sc2ccc(S(=O)(=O)CCC(=O)N3CCN(Cc4ccccc4)CC3)cc2NC1=O. The average Bonchev–Trinajstić information content (AvgIpc) is 2.79. The van der Waals surface area contributed by atoms with Crippen LogP contribution in [0.15, 0.2) is 58.3 Å². The Bertz CT molecular complexity index is 1100. The topological polar surface area (TPSA) is 86.8 Å². The summed E-state index contributed by atoms with van der Waals surface area (Å²) < 4.78 is 25.6. The zero-order valence-corrected chi connectivity index (χ0v) is 19.6. The van der Waals surface area contributed by atoms with E-state index in [0.29, 0.717) is 18.8 Å². The van der Waals surface area contributed by atoms with Crippen molar-refractivity contribution >= 4 is 39.1 Å². The van der Waals surface area contributed by atoms with Crippen molar-refractivity contribution in [3.63, 3.8) is 0 Å². The van der Waals surface area contributed by atoms with E-state index in [4.69, 9.17) is 0 Å². The first-order valence-electron chi connectivity index (χ1n) is 10.7. The molecule has 4 rings (SSSR count). The maximum absolute atomic E-state index is 12.8. The van der Waals surface area contributed by atoms with Crippen LogP contribution in [0.1, 0.15) is 18.9 Å². The summed E-state index contributed by atoms with van der Waals surface area (Å²) in [6.45, 7) is 5.41. The fraction of sp³-hybridized carbons (Fsp3) is 0.391. The molecule has 170 valence electrons. The molecule has 0 saturated carbocycles. The van der Waals surface area contributed by atoms with Crippen LogP contribution >= 0.6 is 11.8 Å². The van der Waals surface area contributed by atoms with Gasteiger partial charge >= 0.3 is 0 Å². The molecule has 7 nitrogen and oxygen atoms in total. The minimum absolute atomic E-state index is 0.0454. The highest BCUT2D eigenvalue weighted by molar-refractivity contribution is 8.01. The molecule has 0 unspecified atom stereocenters. The molecule has 2 amide bonds. The number of nitrogens with one attached hydrogen (secondary N) is 1. The maximum atomic E-state index is 12.8. The Labute approximate surface area is 193 Å². The zero-order chi connectivity index (χ0) is 22.7. The first-order valence-corrected chi connectivity index (χ1v) is 13.2. The molecule has 0 spiro atoms. The highest BCUT2D eigenvalue weighted by Crippen LogP contribution is 2.36. The van der Waals surface area contributed by atoms with Crippen LogP contribution in [0.3, 0.4) is 0 Å². The molecule has 0 radical (unpaired) electrons. The van der Waals surface area contributed by atoms with Crippen LogP contribution in [-0.2, 0) is 26.0 Å². The van der Waals surface area contributed by atoms with E-state index in [-0.39, 0.29) is 34.1 Å². The normalized spacial score (nSPS) is 19.3. The van der Waals surface area contributed by atoms with Crippen molar-refractivity contribution in [3.05, 3.63) is 54.1 Å². The molecule has 0 aromatic heterocycles. The molecule has 1 N–H and O–H groups in total. The second kappa shape index (κ2) is 9.64. The van der Waals surface area contributed by atoms with Gasteiger partial charge in [-0.25, -0.2) is 8.42 Å². The average molecular weight is 474 g/mol. The van der Waals surface area contributed by atoms with E-state index in [1.165, 1.54) is 23.4 Å². The van der Waals surface area contributed by atoms with Gasteiger partial charge in [0.1, 0.15) is 0 Å². The standard InChI is InChI=1S/C23H27N3O4S2/c1-17-23(28)24-20-15-19(7-8-21(20)31-17)32(29,30)14-9-22(27)26-12-10-25(11-13-26)16-18-5-3-2-4-6-18/h2-8,15,17H,9-14,16H2,1H3,(H,24,28)/t17-/m1/s1. The molecule has 2 aromatic rings. The van der Waals surface area contributed by atoms with Gasteiger partial charge in [0.2, 0.25) is 11.8 Å². The number of nitrogens with zero attached hydrogens (tertiary/aromatic N) is 2. The summed E-state index contributed by atoms with van der Waals surface area (Å²) in [6, 6.07) is 15.0. The third-order valence-corrected chi connectivity index (χ3v) is 8.69. The fourth-order valence-electron chi connectivity index (χ4n) is 3.88. The van der Waals surface area contributed by atoms with Crippen LogP contribution < -0.4 is 5.32 Å². The number of sulfone groups is 1. The highest BCUT2D eigenvalue weighted by Gasteiger charge is 2.27. The van der Waals surface area contributed by atoms with Crippen molar-refractivity contribution in [3.8, 4) is 0 Å². The molecule has 1 fully saturated rings. The Morgan fingerprint density at radius 2 is 1.81 bits per heavy atom. The molecule has 1 saturated heterocycles. The summed E-state index contributed by atoms with van der Waals surface area (Å²) in [6.07, 6.45) is -0.0454. The van der Waals surface area contributed by atoms with E-state index in [0.717, 1.165) is 24.5 Å². The Kier molecular flexibility index (Phi) is 6.88. The first kappa shape index (κ1) is 22.8. The lowest BCUT2D eigenvalue weighted by atomic mass is 10.2. The largest absolute Gasteiger partial charge is 0.340 e. The molecule has 9 heteroatoms. The Hall–Kier alpha value is -2.36. The second-order valence-corrected chi connectivity index (χ2v) is 11.6. The molecule has 0 aliphatic carbocycles. The summed E-state index contributed by atoms with van der Waals surface area (Å²) in [7, 11) is -3.63. The van der Waals surface area contributed by atoms with Gasteiger partial charge in [-0.15, -0.1) is 11.8 Å². The molecule has 2 aromatic carbocycles. The number of carbonyl (C=O) groups is 2. The van der Waals surface area contributed by atoms with E-state index in [1.54, 1.807) is 24.0 Å². The Morgan fingerprint density at radius 3 is 2.53 bits per heavy atom. The van der Waals surface area contributed by atoms with E-state index >= 15 is 0 Å². The van der Waals surface area contributed by atoms with E-state index in [2.05, 4.69) is 22.3 Å². The quantitative estimate of drug-likeness (QED) is 0.694. The van der Waals surface area contributed by atoms with Crippen molar-refractivity contribution in [1.82, 2.24) is 9.80 Å². The van der Waals surface area contributed by atoms with Gasteiger partial charge < -0.3 is 10.2 Å². The van der Waals surface area contributed by atoms with Gasteiger partial charge in [-0.05, 0) is 30.7 Å². The third-order valence-electron chi connectivity index (χ3n) is 5.80. The molecule has 2 aliphatic rings. The molecule has 2 aliphatic heterocycles. The fourth-order valence-corrected chi connectivity index (χ4v) is 6.06. The number of rotatable bonds is 6. The predicted octanol–water partition coefficient (Wildman–Crippen LogP) is 2.63. The summed E-state index contributed by atoms with van der Waals surface area (Å²) in [5.74, 6) is -0.519. The highest BCUT2D eigenvalue weighted by atomic mass is 32.2. The molecule has 2 heterocycles. The molecular formula is C23H27N3O4S2. The van der Waals surface area contributed by atoms with Crippen LogP contribution in [0, 0.1) is 0 Å². The number of anilines is 1. The summed E-state index contributed by atoms with van der Waals surface area (Å²) in [4.78, 5) is 29.6. The van der Waals surface area contributed by atoms with Crippen LogP contribution in [0.25, 0.3) is 0 Å². The number of thioether (sulfide) groups is 1. The van der Waals surface area contributed by atoms with Crippen LogP contribution in [0.5, 0.6) is 0 Å². The zero-order valence-electron chi connectivity index (χ0n) is 18.0. The van der Waals surface area contributed by atoms with Crippen molar-refractivity contribution in [2.24, 2.45) is 0 Å². The van der Waals surface area contributed by atoms with Crippen molar-refractivity contribution in [2.75, 3.05) is 37.2 Å². The van der Waals surface area contributed by atoms with Crippen LogP contribution in [0.4, 0.5) is 5.69 Å². The number of benzene rings is 2. The molecule has 0 bridgehead atoms. The van der Waals surface area contributed by atoms with E-state index in [1.807, 2.05) is 18.2 Å². The van der Waals surface area contributed by atoms with Crippen LogP contribution in [0.2, 0.25) is 0 Å². The lowest BCUT2D eigenvalue weighted by Crippen LogP contribution is -2.48. The van der Waals surface area contributed by atoms with E-state index < -0.39 is 9.84 Å². The lowest BCUT2D eigenvalue weighted by Gasteiger charge is -2.34. The minimum atomic E-state index is -3.63. The van der Waals surface area contributed by atoms with Gasteiger partial charge in [0.05, 0.1) is 21.6 Å². The molecule has 32 heavy (non-hydrogen) atoms. The third kappa shape index (κ3) is 5.33.